The van der Waals surface area contributed by atoms with E-state index in [4.69, 9.17) is 4.42 Å². The van der Waals surface area contributed by atoms with Gasteiger partial charge in [-0.3, -0.25) is 14.2 Å². The Balaban J connectivity index is 1.99. The van der Waals surface area contributed by atoms with E-state index in [1.54, 1.807) is 39.3 Å². The SMILES string of the molecule is Cc1cc(=O)n(C)c(SC(C)C(=O)NCc2ccco2)n1. The fourth-order valence-electron chi connectivity index (χ4n) is 1.68. The van der Waals surface area contributed by atoms with Crippen molar-refractivity contribution in [3.63, 3.8) is 0 Å². The predicted octanol–water partition coefficient (Wildman–Crippen LogP) is 1.48. The van der Waals surface area contributed by atoms with Gasteiger partial charge in [-0.15, -0.1) is 0 Å². The number of nitrogens with zero attached hydrogens (tertiary/aromatic N) is 2. The monoisotopic (exact) mass is 307 g/mol. The van der Waals surface area contributed by atoms with Crippen molar-refractivity contribution in [2.45, 2.75) is 30.8 Å². The molecule has 2 aromatic heterocycles. The van der Waals surface area contributed by atoms with Crippen molar-refractivity contribution >= 4 is 17.7 Å². The van der Waals surface area contributed by atoms with Crippen LogP contribution in [0.3, 0.4) is 0 Å². The van der Waals surface area contributed by atoms with Crippen molar-refractivity contribution in [2.24, 2.45) is 7.05 Å². The fourth-order valence-corrected chi connectivity index (χ4v) is 2.63. The van der Waals surface area contributed by atoms with Gasteiger partial charge < -0.3 is 9.73 Å². The Labute approximate surface area is 126 Å². The third kappa shape index (κ3) is 3.98. The maximum absolute atomic E-state index is 12.0. The van der Waals surface area contributed by atoms with E-state index < -0.39 is 0 Å². The number of furan rings is 1. The van der Waals surface area contributed by atoms with Gasteiger partial charge in [-0.25, -0.2) is 4.98 Å². The fraction of sp³-hybridized carbons (Fsp3) is 0.357. The van der Waals surface area contributed by atoms with Gasteiger partial charge in [-0.2, -0.15) is 0 Å². The third-order valence-corrected chi connectivity index (χ3v) is 4.03. The van der Waals surface area contributed by atoms with Gasteiger partial charge in [0.1, 0.15) is 5.76 Å². The number of carbonyl (C=O) groups excluding carboxylic acids is 1. The molecule has 1 N–H and O–H groups in total. The van der Waals surface area contributed by atoms with Crippen molar-refractivity contribution < 1.29 is 9.21 Å². The normalized spacial score (nSPS) is 12.1. The summed E-state index contributed by atoms with van der Waals surface area (Å²) in [5, 5.41) is 2.95. The van der Waals surface area contributed by atoms with E-state index in [-0.39, 0.29) is 16.7 Å². The van der Waals surface area contributed by atoms with Crippen LogP contribution >= 0.6 is 11.8 Å². The number of hydrogen-bond acceptors (Lipinski definition) is 5. The molecule has 1 atom stereocenters. The second-order valence-corrected chi connectivity index (χ2v) is 5.94. The smallest absolute Gasteiger partial charge is 0.254 e. The summed E-state index contributed by atoms with van der Waals surface area (Å²) in [4.78, 5) is 28.0. The van der Waals surface area contributed by atoms with E-state index in [9.17, 15) is 9.59 Å². The van der Waals surface area contributed by atoms with Crippen LogP contribution < -0.4 is 10.9 Å². The van der Waals surface area contributed by atoms with Gasteiger partial charge in [0.05, 0.1) is 18.1 Å². The molecule has 0 radical (unpaired) electrons. The van der Waals surface area contributed by atoms with Gasteiger partial charge in [-0.05, 0) is 26.0 Å². The summed E-state index contributed by atoms with van der Waals surface area (Å²) in [7, 11) is 1.64. The highest BCUT2D eigenvalue weighted by atomic mass is 32.2. The number of aryl methyl sites for hydroxylation is 1. The second-order valence-electron chi connectivity index (χ2n) is 4.63. The Morgan fingerprint density at radius 1 is 1.57 bits per heavy atom. The summed E-state index contributed by atoms with van der Waals surface area (Å²) < 4.78 is 6.59. The standard InChI is InChI=1S/C14H17N3O3S/c1-9-7-12(18)17(3)14(16-9)21-10(2)13(19)15-8-11-5-4-6-20-11/h4-7,10H,8H2,1-3H3,(H,15,19). The van der Waals surface area contributed by atoms with Crippen LogP contribution in [0.1, 0.15) is 18.4 Å². The zero-order chi connectivity index (χ0) is 15.4. The molecular formula is C14H17N3O3S. The molecule has 0 bridgehead atoms. The molecular weight excluding hydrogens is 290 g/mol. The Hall–Kier alpha value is -2.02. The lowest BCUT2D eigenvalue weighted by atomic mass is 10.4. The molecule has 112 valence electrons. The van der Waals surface area contributed by atoms with Crippen LogP contribution in [0, 0.1) is 6.92 Å². The molecule has 21 heavy (non-hydrogen) atoms. The first-order valence-electron chi connectivity index (χ1n) is 6.49. The first-order chi connectivity index (χ1) is 9.97. The number of carbonyl (C=O) groups is 1. The molecule has 0 aliphatic rings. The zero-order valence-electron chi connectivity index (χ0n) is 12.1. The molecule has 1 unspecified atom stereocenters. The van der Waals surface area contributed by atoms with Crippen LogP contribution in [0.15, 0.2) is 38.8 Å². The van der Waals surface area contributed by atoms with Crippen LogP contribution in [-0.4, -0.2) is 20.7 Å². The lowest BCUT2D eigenvalue weighted by Gasteiger charge is -2.13. The van der Waals surface area contributed by atoms with Crippen LogP contribution in [0.25, 0.3) is 0 Å². The molecule has 6 nitrogen and oxygen atoms in total. The second kappa shape index (κ2) is 6.62. The average molecular weight is 307 g/mol. The van der Waals surface area contributed by atoms with Crippen LogP contribution in [-0.2, 0) is 18.4 Å². The Morgan fingerprint density at radius 2 is 2.33 bits per heavy atom. The van der Waals surface area contributed by atoms with Gasteiger partial charge in [0, 0.05) is 18.8 Å². The van der Waals surface area contributed by atoms with Gasteiger partial charge >= 0.3 is 0 Å². The highest BCUT2D eigenvalue weighted by Gasteiger charge is 2.17. The summed E-state index contributed by atoms with van der Waals surface area (Å²) in [6.45, 7) is 3.88. The highest BCUT2D eigenvalue weighted by molar-refractivity contribution is 8.00. The number of rotatable bonds is 5. The van der Waals surface area contributed by atoms with Gasteiger partial charge in [-0.1, -0.05) is 11.8 Å². The number of hydrogen-bond donors (Lipinski definition) is 1. The van der Waals surface area contributed by atoms with Crippen molar-refractivity contribution in [3.05, 3.63) is 46.3 Å². The molecule has 0 saturated heterocycles. The molecule has 2 heterocycles. The van der Waals surface area contributed by atoms with Crippen LogP contribution in [0.4, 0.5) is 0 Å². The van der Waals surface area contributed by atoms with Crippen molar-refractivity contribution in [1.29, 1.82) is 0 Å². The Kier molecular flexibility index (Phi) is 4.85. The molecule has 2 aromatic rings. The van der Waals surface area contributed by atoms with Gasteiger partial charge in [0.25, 0.3) is 5.56 Å². The quantitative estimate of drug-likeness (QED) is 0.669. The molecule has 0 aliphatic carbocycles. The highest BCUT2D eigenvalue weighted by Crippen LogP contribution is 2.20. The molecule has 0 fully saturated rings. The van der Waals surface area contributed by atoms with Crippen LogP contribution in [0.5, 0.6) is 0 Å². The number of amides is 1. The zero-order valence-corrected chi connectivity index (χ0v) is 12.9. The lowest BCUT2D eigenvalue weighted by Crippen LogP contribution is -2.31. The lowest BCUT2D eigenvalue weighted by molar-refractivity contribution is -0.120. The van der Waals surface area contributed by atoms with Gasteiger partial charge in [0.15, 0.2) is 5.16 Å². The summed E-state index contributed by atoms with van der Waals surface area (Å²) in [5.41, 5.74) is 0.511. The number of nitrogens with one attached hydrogen (secondary N) is 1. The van der Waals surface area contributed by atoms with Gasteiger partial charge in [0.2, 0.25) is 5.91 Å². The molecule has 7 heteroatoms. The molecule has 1 amide bonds. The average Bonchev–Trinajstić information content (AvgIpc) is 2.94. The Bertz CT molecular complexity index is 679. The summed E-state index contributed by atoms with van der Waals surface area (Å²) >= 11 is 1.25. The van der Waals surface area contributed by atoms with E-state index in [0.29, 0.717) is 23.2 Å². The summed E-state index contributed by atoms with van der Waals surface area (Å²) in [6, 6.07) is 5.03. The van der Waals surface area contributed by atoms with E-state index in [2.05, 4.69) is 10.3 Å². The van der Waals surface area contributed by atoms with E-state index >= 15 is 0 Å². The molecule has 0 aliphatic heterocycles. The minimum absolute atomic E-state index is 0.131. The van der Waals surface area contributed by atoms with E-state index in [1.165, 1.54) is 22.4 Å². The molecule has 2 rings (SSSR count). The summed E-state index contributed by atoms with van der Waals surface area (Å²) in [5.74, 6) is 0.564. The first-order valence-corrected chi connectivity index (χ1v) is 7.37. The summed E-state index contributed by atoms with van der Waals surface area (Å²) in [6.07, 6.45) is 1.56. The number of aromatic nitrogens is 2. The molecule has 0 spiro atoms. The maximum Gasteiger partial charge on any atom is 0.254 e. The van der Waals surface area contributed by atoms with Crippen molar-refractivity contribution in [2.75, 3.05) is 0 Å². The molecule has 0 saturated carbocycles. The third-order valence-electron chi connectivity index (χ3n) is 2.89. The predicted molar refractivity (Wildman–Crippen MR) is 80.1 cm³/mol. The van der Waals surface area contributed by atoms with Crippen LogP contribution in [0.2, 0.25) is 0 Å². The first kappa shape index (κ1) is 15.4. The van der Waals surface area contributed by atoms with E-state index in [1.807, 2.05) is 0 Å². The van der Waals surface area contributed by atoms with Crippen molar-refractivity contribution in [3.8, 4) is 0 Å². The van der Waals surface area contributed by atoms with E-state index in [0.717, 1.165) is 0 Å². The number of thioether (sulfide) groups is 1. The topological polar surface area (TPSA) is 77.1 Å². The molecule has 0 aromatic carbocycles. The minimum Gasteiger partial charge on any atom is -0.467 e. The minimum atomic E-state index is -0.361. The maximum atomic E-state index is 12.0. The largest absolute Gasteiger partial charge is 0.467 e. The Morgan fingerprint density at radius 3 is 3.00 bits per heavy atom. The van der Waals surface area contributed by atoms with Crippen molar-refractivity contribution in [1.82, 2.24) is 14.9 Å².